The van der Waals surface area contributed by atoms with E-state index in [4.69, 9.17) is 49.0 Å². The van der Waals surface area contributed by atoms with E-state index in [2.05, 4.69) is 92.7 Å². The summed E-state index contributed by atoms with van der Waals surface area (Å²) >= 11 is 19.3. The number of aliphatic hydroxyl groups is 3. The van der Waals surface area contributed by atoms with Crippen LogP contribution in [-0.4, -0.2) is 196 Å². The lowest BCUT2D eigenvalue weighted by Crippen LogP contribution is -2.52. The van der Waals surface area contributed by atoms with Crippen LogP contribution < -0.4 is 43.1 Å². The van der Waals surface area contributed by atoms with E-state index in [9.17, 15) is 55.0 Å². The molecule has 3 amide bonds. The zero-order chi connectivity index (χ0) is 105. The number of halogens is 5. The largest absolute Gasteiger partial charge is 0.490 e. The highest BCUT2D eigenvalue weighted by Gasteiger charge is 2.55. The predicted molar refractivity (Wildman–Crippen MR) is 582 cm³/mol. The van der Waals surface area contributed by atoms with Crippen LogP contribution in [0.1, 0.15) is 214 Å². The van der Waals surface area contributed by atoms with E-state index in [0.717, 1.165) is 99.9 Å². The maximum absolute atomic E-state index is 15.4. The Morgan fingerprint density at radius 2 is 0.818 bits per heavy atom. The SMILES string of the molecule is C=S1(=O)NC(=O)c2ccc3c(c2)N(C[C@@H]2CC[C@H]2[C@@](O)(C#CCN2CCS(=O)(=O)CC2)/C=C/C[C@H](C)[C@H]1C)C[C@@]1(CCCc2cc(Cl)ccc21)CO3.C=S1(=O)NC(=O)c2ccc3c(c2)N(C[C@@H]2CC[C@H]2[C@](O)(c2ncccc2F)/C=C/C[C@H](C)[C@H]1C)C[C@@]1(CCCc2cc(Cl)ccc21)CO3.C[C@@H]1[C@@H](C)C/C=C/[C@](O)(c2ncccc2F)[C@@H]2CC[C@H]2CN2C[C@@]3(CCCc4cc(Cl)ccc43)COc3ccc(cc32)C(=O)NS1(=O)=O. The number of rotatable bonds is 3. The molecule has 3 saturated carbocycles. The minimum absolute atomic E-state index is 0.00218. The van der Waals surface area contributed by atoms with E-state index in [1.54, 1.807) is 62.4 Å². The third kappa shape index (κ3) is 21.5. The topological polar surface area (TPSA) is 317 Å². The van der Waals surface area contributed by atoms with Crippen LogP contribution >= 0.6 is 34.8 Å². The minimum Gasteiger partial charge on any atom is -0.490 e. The Morgan fingerprint density at radius 1 is 0.459 bits per heavy atom. The molecule has 24 nitrogen and oxygen atoms in total. The molecule has 1 saturated heterocycles. The molecular weight excluding hydrogens is 2020 g/mol. The van der Waals surface area contributed by atoms with Crippen molar-refractivity contribution in [2.24, 2.45) is 53.3 Å². The second kappa shape index (κ2) is 42.3. The Kier molecular flexibility index (Phi) is 30.4. The summed E-state index contributed by atoms with van der Waals surface area (Å²) in [6.07, 6.45) is 28.1. The van der Waals surface area contributed by atoms with Gasteiger partial charge in [0.25, 0.3) is 17.7 Å². The van der Waals surface area contributed by atoms with Crippen molar-refractivity contribution in [2.75, 3.05) is 105 Å². The number of ether oxygens (including phenoxy) is 3. The van der Waals surface area contributed by atoms with Crippen molar-refractivity contribution in [1.82, 2.24) is 29.0 Å². The average Bonchev–Trinajstić information content (AvgIpc) is 1.33. The van der Waals surface area contributed by atoms with Gasteiger partial charge in [-0.25, -0.2) is 38.8 Å². The molecule has 2 aromatic heterocycles. The van der Waals surface area contributed by atoms with Gasteiger partial charge in [0, 0.05) is 141 Å². The van der Waals surface area contributed by atoms with Gasteiger partial charge in [0.2, 0.25) is 10.0 Å². The summed E-state index contributed by atoms with van der Waals surface area (Å²) in [5.74, 6) is 12.4. The number of fused-ring (bicyclic) bond motifs is 12. The molecule has 20 atom stereocenters. The summed E-state index contributed by atoms with van der Waals surface area (Å²) in [7, 11) is -13.2. The van der Waals surface area contributed by atoms with Gasteiger partial charge in [0.1, 0.15) is 57.1 Å². The molecule has 8 aromatic rings. The number of aromatic nitrogens is 2. The van der Waals surface area contributed by atoms with Gasteiger partial charge in [0.05, 0.1) is 79.6 Å². The first-order valence-electron chi connectivity index (χ1n) is 52.2. The Labute approximate surface area is 884 Å². The summed E-state index contributed by atoms with van der Waals surface area (Å²) < 4.78 is 137. The fourth-order valence-electron chi connectivity index (χ4n) is 25.2. The van der Waals surface area contributed by atoms with Crippen LogP contribution in [0.2, 0.25) is 15.1 Å². The summed E-state index contributed by atoms with van der Waals surface area (Å²) in [6.45, 7) is 17.0. The lowest BCUT2D eigenvalue weighted by molar-refractivity contribution is -0.0555. The fraction of sp³-hybridized carbons (Fsp3) is 0.487. The minimum atomic E-state index is -4.06. The van der Waals surface area contributed by atoms with Crippen molar-refractivity contribution < 1.29 is 77.9 Å². The molecule has 6 N–H and O–H groups in total. The second-order valence-electron chi connectivity index (χ2n) is 44.3. The normalized spacial score (nSPS) is 33.9. The first-order chi connectivity index (χ1) is 70.5. The summed E-state index contributed by atoms with van der Waals surface area (Å²) in [5, 5.41) is 37.6. The quantitative estimate of drug-likeness (QED) is 0.0544. The summed E-state index contributed by atoms with van der Waals surface area (Å²) in [6, 6.07) is 39.8. The Morgan fingerprint density at radius 3 is 1.18 bits per heavy atom. The molecule has 13 aliphatic rings. The highest BCUT2D eigenvalue weighted by molar-refractivity contribution is 8.00. The van der Waals surface area contributed by atoms with E-state index >= 15 is 8.78 Å². The molecule has 21 rings (SSSR count). The molecule has 148 heavy (non-hydrogen) atoms. The van der Waals surface area contributed by atoms with Crippen molar-refractivity contribution in [3.63, 3.8) is 0 Å². The third-order valence-electron chi connectivity index (χ3n) is 35.0. The highest BCUT2D eigenvalue weighted by Crippen LogP contribution is 2.56. The molecular formula is C115H134Cl3F2N9O15S4. The maximum atomic E-state index is 15.4. The molecule has 2 unspecified atom stereocenters. The molecule has 33 heteroatoms. The van der Waals surface area contributed by atoms with Crippen LogP contribution in [0.5, 0.6) is 17.2 Å². The summed E-state index contributed by atoms with van der Waals surface area (Å²) in [4.78, 5) is 58.4. The van der Waals surface area contributed by atoms with Gasteiger partial charge in [-0.1, -0.05) is 116 Å². The molecule has 4 fully saturated rings. The van der Waals surface area contributed by atoms with E-state index in [0.29, 0.717) is 155 Å². The zero-order valence-corrected chi connectivity index (χ0v) is 90.3. The maximum Gasteiger partial charge on any atom is 0.264 e. The van der Waals surface area contributed by atoms with Crippen molar-refractivity contribution in [2.45, 2.75) is 206 Å². The number of carbonyl (C=O) groups is 3. The second-order valence-corrected chi connectivity index (χ2v) is 54.8. The predicted octanol–water partition coefficient (Wildman–Crippen LogP) is 17.6. The molecule has 6 aromatic carbocycles. The molecule has 9 heterocycles. The Hall–Kier alpha value is -9.88. The van der Waals surface area contributed by atoms with Crippen LogP contribution in [-0.2, 0) is 86.0 Å². The van der Waals surface area contributed by atoms with E-state index in [1.807, 2.05) is 99.4 Å². The Bertz CT molecular complexity index is 6850. The van der Waals surface area contributed by atoms with E-state index < -0.39 is 107 Å². The molecule has 6 bridgehead atoms. The van der Waals surface area contributed by atoms with E-state index in [1.165, 1.54) is 70.0 Å². The van der Waals surface area contributed by atoms with Crippen molar-refractivity contribution in [1.29, 1.82) is 0 Å². The molecule has 788 valence electrons. The molecule has 0 radical (unpaired) electrons. The molecule has 6 aliphatic carbocycles. The van der Waals surface area contributed by atoms with Crippen molar-refractivity contribution >= 4 is 121 Å². The number of hydrogen-bond donors (Lipinski definition) is 6. The van der Waals surface area contributed by atoms with Gasteiger partial charge in [-0.05, 0) is 338 Å². The lowest BCUT2D eigenvalue weighted by atomic mass is 9.63. The number of aryl methyl sites for hydroxylation is 3. The number of pyridine rings is 2. The van der Waals surface area contributed by atoms with Gasteiger partial charge >= 0.3 is 0 Å². The lowest BCUT2D eigenvalue weighted by Gasteiger charge is -2.49. The molecule has 7 aliphatic heterocycles. The first kappa shape index (κ1) is 107. The van der Waals surface area contributed by atoms with E-state index in [-0.39, 0.29) is 92.0 Å². The van der Waals surface area contributed by atoms with Crippen LogP contribution in [0.25, 0.3) is 0 Å². The number of sulfonamides is 1. The van der Waals surface area contributed by atoms with Crippen LogP contribution in [0.15, 0.2) is 182 Å². The van der Waals surface area contributed by atoms with Gasteiger partial charge in [-0.2, -0.15) is 0 Å². The van der Waals surface area contributed by atoms with Crippen molar-refractivity contribution in [3.05, 3.63) is 270 Å². The average molecular weight is 2160 g/mol. The summed E-state index contributed by atoms with van der Waals surface area (Å²) in [5.41, 5.74) is 4.69. The number of hydrogen-bond acceptors (Lipinski definition) is 21. The fourth-order valence-corrected chi connectivity index (χ4v) is 31.3. The van der Waals surface area contributed by atoms with Crippen molar-refractivity contribution in [3.8, 4) is 29.1 Å². The number of carbonyl (C=O) groups excluding carboxylic acids is 3. The van der Waals surface area contributed by atoms with Crippen LogP contribution in [0, 0.1) is 76.7 Å². The van der Waals surface area contributed by atoms with Gasteiger partial charge < -0.3 is 44.2 Å². The first-order valence-corrected chi connectivity index (χ1v) is 60.2. The number of allylic oxidation sites excluding steroid dienone is 3. The number of nitrogens with zero attached hydrogens (tertiary/aromatic N) is 6. The zero-order valence-electron chi connectivity index (χ0n) is 84.7. The molecule has 3 spiro atoms. The van der Waals surface area contributed by atoms with Gasteiger partial charge in [-0.15, -0.1) is 0 Å². The number of benzene rings is 6. The standard InChI is InChI=1S/C40H50ClN3O6S2.C38H43ClFN3O4S.C37H41ClFN3O5S/c1-28-7-4-16-40(46,17-6-18-43-19-21-52(48,49)22-20-43)35-12-9-32(35)25-44-26-39(15-5-8-30-23-33(41)11-13-34(30)39)27-50-37-14-10-31(24-36(37)44)38(45)42-51(3,47)29(28)2;1-24-7-4-17-38(45,35-32(40)9-6-18-41-35)31-13-10-28(31)21-43-22-37(16-5-8-26-19-29(39)12-14-30(26)37)23-47-34-15-11-27(20-33(34)43)36(44)42-48(3,46)25(24)2;1-23-6-3-16-37(44,34-31(39)8-5-17-40-34)30-12-9-27(30)20-42-21-36(15-4-7-25-18-28(38)11-13-29(25)36)22-47-33-14-10-26(19-32(33)42)35(43)41-48(45,46)24(23)2/h4,10-11,13-14,16,23-24,28-29,32,35,46H,3,5,7-9,12,15,18-22,25-27H2,1-2H3,(H,42,45,47);4,6,9,11-12,14-15,17-20,24-25,28,31,45H,3,5,7-8,10,13,16,21-23H2,1-2H3,(H,42,44,46);3,5,8,10-11,13-14,16-19,23-24,27,30,44H,4,6-7,9,12,15,20-22H2,1-2H3,(H,41,43)/b16-4+;17-4+;16-3+/t28-,29+,32-,35+,39-,40-,51?;24-,25+,28-,31+,37-,38-,48?;23-,24+,27-,30+,36-,37+/m000/s1. The van der Waals surface area contributed by atoms with Crippen LogP contribution in [0.4, 0.5) is 25.8 Å². The smallest absolute Gasteiger partial charge is 0.264 e. The number of sulfone groups is 1. The van der Waals surface area contributed by atoms with Gasteiger partial charge in [-0.3, -0.25) is 38.7 Å². The Balaban J connectivity index is 0.000000140. The third-order valence-corrected chi connectivity index (χ3v) is 43.6. The van der Waals surface area contributed by atoms with Gasteiger partial charge in [0.15, 0.2) is 9.84 Å². The number of anilines is 3. The number of amides is 3. The number of nitrogens with one attached hydrogen (secondary N) is 3. The monoisotopic (exact) mass is 2150 g/mol. The highest BCUT2D eigenvalue weighted by atomic mass is 35.5. The van der Waals surface area contributed by atoms with Crippen LogP contribution in [0.3, 0.4) is 0 Å².